The molecule has 2 N–H and O–H groups in total. The molecule has 4 nitrogen and oxygen atoms in total. The van der Waals surface area contributed by atoms with E-state index in [0.29, 0.717) is 5.88 Å². The lowest BCUT2D eigenvalue weighted by molar-refractivity contribution is 0.0756. The largest absolute Gasteiger partial charge is 0.508 e. The molecule has 0 heterocycles. The Balaban J connectivity index is 2.96. The van der Waals surface area contributed by atoms with E-state index < -0.39 is 0 Å². The summed E-state index contributed by atoms with van der Waals surface area (Å²) >= 11 is 5.65. The first-order chi connectivity index (χ1) is 7.45. The normalized spacial score (nSPS) is 12.2. The minimum atomic E-state index is -0.292. The molecule has 16 heavy (non-hydrogen) atoms. The molecule has 0 bridgehead atoms. The second-order valence-electron chi connectivity index (χ2n) is 3.66. The van der Waals surface area contributed by atoms with Crippen molar-refractivity contribution in [1.82, 2.24) is 4.90 Å². The van der Waals surface area contributed by atoms with Crippen LogP contribution >= 0.6 is 11.6 Å². The van der Waals surface area contributed by atoms with Crippen LogP contribution in [-0.4, -0.2) is 40.0 Å². The monoisotopic (exact) mass is 243 g/mol. The predicted molar refractivity (Wildman–Crippen MR) is 62.0 cm³/mol. The molecule has 0 saturated carbocycles. The summed E-state index contributed by atoms with van der Waals surface area (Å²) in [5, 5.41) is 18.5. The molecule has 0 fully saturated rings. The zero-order valence-corrected chi connectivity index (χ0v) is 9.90. The van der Waals surface area contributed by atoms with E-state index in [0.717, 1.165) is 0 Å². The smallest absolute Gasteiger partial charge is 0.254 e. The second-order valence-corrected chi connectivity index (χ2v) is 3.97. The highest BCUT2D eigenvalue weighted by Gasteiger charge is 2.17. The van der Waals surface area contributed by atoms with Crippen LogP contribution in [-0.2, 0) is 0 Å². The Morgan fingerprint density at radius 1 is 1.38 bits per heavy atom. The lowest BCUT2D eigenvalue weighted by Gasteiger charge is -2.23. The molecular weight excluding hydrogens is 230 g/mol. The first-order valence-corrected chi connectivity index (χ1v) is 5.35. The highest BCUT2D eigenvalue weighted by atomic mass is 35.5. The summed E-state index contributed by atoms with van der Waals surface area (Å²) in [4.78, 5) is 13.4. The number of benzene rings is 1. The number of phenols is 2. The van der Waals surface area contributed by atoms with Gasteiger partial charge < -0.3 is 15.1 Å². The zero-order chi connectivity index (χ0) is 12.3. The molecule has 5 heteroatoms. The Bertz CT molecular complexity index is 375. The van der Waals surface area contributed by atoms with Crippen LogP contribution in [0.5, 0.6) is 11.5 Å². The summed E-state index contributed by atoms with van der Waals surface area (Å²) in [7, 11) is 1.62. The van der Waals surface area contributed by atoms with Crippen molar-refractivity contribution >= 4 is 17.5 Å². The quantitative estimate of drug-likeness (QED) is 0.796. The van der Waals surface area contributed by atoms with Gasteiger partial charge in [0.15, 0.2) is 0 Å². The molecule has 0 saturated heterocycles. The van der Waals surface area contributed by atoms with Crippen LogP contribution in [0.2, 0.25) is 0 Å². The number of nitrogens with zero attached hydrogens (tertiary/aromatic N) is 1. The maximum Gasteiger partial charge on any atom is 0.254 e. The van der Waals surface area contributed by atoms with E-state index in [9.17, 15) is 15.0 Å². The molecule has 0 aliphatic heterocycles. The van der Waals surface area contributed by atoms with Gasteiger partial charge in [-0.05, 0) is 19.1 Å². The van der Waals surface area contributed by atoms with E-state index >= 15 is 0 Å². The molecule has 1 aromatic carbocycles. The van der Waals surface area contributed by atoms with E-state index in [4.69, 9.17) is 11.6 Å². The summed E-state index contributed by atoms with van der Waals surface area (Å²) in [6.07, 6.45) is 0. The van der Waals surface area contributed by atoms with Gasteiger partial charge in [-0.2, -0.15) is 0 Å². The first kappa shape index (κ1) is 12.6. The van der Waals surface area contributed by atoms with Gasteiger partial charge in [0.25, 0.3) is 5.91 Å². The van der Waals surface area contributed by atoms with Crippen molar-refractivity contribution in [2.75, 3.05) is 12.9 Å². The van der Waals surface area contributed by atoms with Gasteiger partial charge in [-0.25, -0.2) is 0 Å². The minimum absolute atomic E-state index is 0.112. The van der Waals surface area contributed by atoms with Crippen molar-refractivity contribution in [3.8, 4) is 11.5 Å². The minimum Gasteiger partial charge on any atom is -0.508 e. The van der Waals surface area contributed by atoms with E-state index in [2.05, 4.69) is 0 Å². The third kappa shape index (κ3) is 2.79. The Labute approximate surface area is 99.1 Å². The molecule has 0 aliphatic rings. The van der Waals surface area contributed by atoms with Crippen molar-refractivity contribution < 1.29 is 15.0 Å². The van der Waals surface area contributed by atoms with Gasteiger partial charge in [-0.3, -0.25) is 4.79 Å². The maximum atomic E-state index is 11.9. The van der Waals surface area contributed by atoms with Crippen LogP contribution in [0.1, 0.15) is 17.3 Å². The molecule has 1 rings (SSSR count). The van der Waals surface area contributed by atoms with Gasteiger partial charge in [0.2, 0.25) is 0 Å². The fourth-order valence-corrected chi connectivity index (χ4v) is 1.43. The fourth-order valence-electron chi connectivity index (χ4n) is 1.23. The number of hydrogen-bond acceptors (Lipinski definition) is 3. The molecule has 0 aliphatic carbocycles. The maximum absolute atomic E-state index is 11.9. The molecule has 1 atom stereocenters. The Morgan fingerprint density at radius 3 is 2.31 bits per heavy atom. The number of alkyl halides is 1. The summed E-state index contributed by atoms with van der Waals surface area (Å²) in [5.41, 5.74) is 0.233. The standard InChI is InChI=1S/C11H14ClNO3/c1-7(6-12)13(2)11(16)8-3-9(14)5-10(15)4-8/h3-5,7,14-15H,6H2,1-2H3. The van der Waals surface area contributed by atoms with Gasteiger partial charge in [-0.1, -0.05) is 0 Å². The van der Waals surface area contributed by atoms with Gasteiger partial charge in [0.05, 0.1) is 0 Å². The fraction of sp³-hybridized carbons (Fsp3) is 0.364. The lowest BCUT2D eigenvalue weighted by Crippen LogP contribution is -2.36. The predicted octanol–water partition coefficient (Wildman–Crippen LogP) is 1.80. The summed E-state index contributed by atoms with van der Waals surface area (Å²) in [6, 6.07) is 3.67. The highest BCUT2D eigenvalue weighted by molar-refractivity contribution is 6.18. The number of halogens is 1. The number of phenolic OH excluding ortho intramolecular Hbond substituents is 2. The number of amides is 1. The van der Waals surface area contributed by atoms with Crippen LogP contribution in [0.4, 0.5) is 0 Å². The van der Waals surface area contributed by atoms with Crippen LogP contribution < -0.4 is 0 Å². The number of rotatable bonds is 3. The summed E-state index contributed by atoms with van der Waals surface area (Å²) in [6.45, 7) is 1.81. The Hall–Kier alpha value is -1.42. The van der Waals surface area contributed by atoms with E-state index in [1.165, 1.54) is 23.1 Å². The molecule has 1 unspecified atom stereocenters. The van der Waals surface area contributed by atoms with Gasteiger partial charge in [0, 0.05) is 30.6 Å². The Kier molecular flexibility index (Phi) is 4.01. The summed E-state index contributed by atoms with van der Waals surface area (Å²) in [5.74, 6) is -0.252. The molecule has 1 amide bonds. The third-order valence-electron chi connectivity index (χ3n) is 2.35. The number of hydrogen-bond donors (Lipinski definition) is 2. The van der Waals surface area contributed by atoms with Crippen LogP contribution in [0.3, 0.4) is 0 Å². The average molecular weight is 244 g/mol. The number of carbonyl (C=O) groups excluding carboxylic acids is 1. The van der Waals surface area contributed by atoms with E-state index in [-0.39, 0.29) is 29.0 Å². The lowest BCUT2D eigenvalue weighted by atomic mass is 10.1. The topological polar surface area (TPSA) is 60.8 Å². The Morgan fingerprint density at radius 2 is 1.88 bits per heavy atom. The molecule has 88 valence electrons. The third-order valence-corrected chi connectivity index (χ3v) is 2.80. The van der Waals surface area contributed by atoms with Crippen molar-refractivity contribution in [2.45, 2.75) is 13.0 Å². The van der Waals surface area contributed by atoms with Crippen molar-refractivity contribution in [1.29, 1.82) is 0 Å². The first-order valence-electron chi connectivity index (χ1n) is 4.82. The van der Waals surface area contributed by atoms with Crippen LogP contribution in [0.15, 0.2) is 18.2 Å². The van der Waals surface area contributed by atoms with Gasteiger partial charge >= 0.3 is 0 Å². The number of aromatic hydroxyl groups is 2. The van der Waals surface area contributed by atoms with E-state index in [1.807, 2.05) is 6.92 Å². The molecule has 0 spiro atoms. The number of carbonyl (C=O) groups is 1. The highest BCUT2D eigenvalue weighted by Crippen LogP contribution is 2.21. The second kappa shape index (κ2) is 5.07. The van der Waals surface area contributed by atoms with Crippen molar-refractivity contribution in [3.63, 3.8) is 0 Å². The van der Waals surface area contributed by atoms with Gasteiger partial charge in [0.1, 0.15) is 11.5 Å². The average Bonchev–Trinajstić information content (AvgIpc) is 2.24. The molecular formula is C11H14ClNO3. The van der Waals surface area contributed by atoms with E-state index in [1.54, 1.807) is 7.05 Å². The van der Waals surface area contributed by atoms with Crippen molar-refractivity contribution in [2.24, 2.45) is 0 Å². The molecule has 1 aromatic rings. The SMILES string of the molecule is CC(CCl)N(C)C(=O)c1cc(O)cc(O)c1. The summed E-state index contributed by atoms with van der Waals surface area (Å²) < 4.78 is 0. The van der Waals surface area contributed by atoms with Gasteiger partial charge in [-0.15, -0.1) is 11.6 Å². The van der Waals surface area contributed by atoms with Crippen molar-refractivity contribution in [3.05, 3.63) is 23.8 Å². The molecule has 0 aromatic heterocycles. The molecule has 0 radical (unpaired) electrons. The zero-order valence-electron chi connectivity index (χ0n) is 9.14. The van der Waals surface area contributed by atoms with Crippen LogP contribution in [0.25, 0.3) is 0 Å². The van der Waals surface area contributed by atoms with Crippen LogP contribution in [0, 0.1) is 0 Å².